The minimum absolute atomic E-state index is 0.0713. The first-order chi connectivity index (χ1) is 11.1. The molecule has 0 unspecified atom stereocenters. The first-order valence-corrected chi connectivity index (χ1v) is 8.01. The summed E-state index contributed by atoms with van der Waals surface area (Å²) in [4.78, 5) is 23.0. The second-order valence-corrected chi connectivity index (χ2v) is 6.10. The molecule has 1 fully saturated rings. The predicted molar refractivity (Wildman–Crippen MR) is 88.3 cm³/mol. The fourth-order valence-electron chi connectivity index (χ4n) is 2.73. The fourth-order valence-corrected chi connectivity index (χ4v) is 2.92. The summed E-state index contributed by atoms with van der Waals surface area (Å²) in [6, 6.07) is 7.71. The van der Waals surface area contributed by atoms with Gasteiger partial charge in [0, 0.05) is 30.2 Å². The quantitative estimate of drug-likeness (QED) is 0.706. The van der Waals surface area contributed by atoms with Gasteiger partial charge in [-0.2, -0.15) is 0 Å². The molecule has 0 saturated carbocycles. The third kappa shape index (κ3) is 4.92. The average molecular weight is 340 g/mol. The van der Waals surface area contributed by atoms with Gasteiger partial charge in [-0.05, 0) is 30.5 Å². The summed E-state index contributed by atoms with van der Waals surface area (Å²) >= 11 is 6.11. The SMILES string of the molecule is NCC(=O)NCC(=O)NCC1(c2cccc(Cl)c2)CCOCC1. The molecule has 1 aromatic carbocycles. The molecule has 0 spiro atoms. The molecule has 0 atom stereocenters. The first kappa shape index (κ1) is 17.7. The highest BCUT2D eigenvalue weighted by Crippen LogP contribution is 2.35. The zero-order valence-electron chi connectivity index (χ0n) is 12.9. The van der Waals surface area contributed by atoms with E-state index < -0.39 is 0 Å². The number of hydrogen-bond acceptors (Lipinski definition) is 4. The number of carbonyl (C=O) groups is 2. The Labute approximate surface area is 140 Å². The topological polar surface area (TPSA) is 93.5 Å². The molecule has 2 rings (SSSR count). The number of carbonyl (C=O) groups excluding carboxylic acids is 2. The summed E-state index contributed by atoms with van der Waals surface area (Å²) < 4.78 is 5.46. The van der Waals surface area contributed by atoms with Gasteiger partial charge in [-0.15, -0.1) is 0 Å². The van der Waals surface area contributed by atoms with Crippen molar-refractivity contribution < 1.29 is 14.3 Å². The lowest BCUT2D eigenvalue weighted by atomic mass is 9.74. The van der Waals surface area contributed by atoms with Gasteiger partial charge in [0.1, 0.15) is 0 Å². The van der Waals surface area contributed by atoms with Gasteiger partial charge >= 0.3 is 0 Å². The van der Waals surface area contributed by atoms with E-state index in [-0.39, 0.29) is 30.3 Å². The molecule has 6 nitrogen and oxygen atoms in total. The van der Waals surface area contributed by atoms with E-state index in [2.05, 4.69) is 10.6 Å². The Kier molecular flexibility index (Phi) is 6.38. The lowest BCUT2D eigenvalue weighted by Gasteiger charge is -2.38. The van der Waals surface area contributed by atoms with E-state index in [1.165, 1.54) is 0 Å². The van der Waals surface area contributed by atoms with Crippen molar-refractivity contribution in [2.75, 3.05) is 32.8 Å². The van der Waals surface area contributed by atoms with E-state index in [1.54, 1.807) is 0 Å². The van der Waals surface area contributed by atoms with Crippen LogP contribution in [-0.2, 0) is 19.7 Å². The maximum atomic E-state index is 11.9. The van der Waals surface area contributed by atoms with Crippen LogP contribution in [0.4, 0.5) is 0 Å². The molecular formula is C16H22ClN3O3. The Bertz CT molecular complexity index is 559. The van der Waals surface area contributed by atoms with Crippen LogP contribution in [0.15, 0.2) is 24.3 Å². The summed E-state index contributed by atoms with van der Waals surface area (Å²) in [5, 5.41) is 6.03. The van der Waals surface area contributed by atoms with Crippen molar-refractivity contribution in [2.24, 2.45) is 5.73 Å². The first-order valence-electron chi connectivity index (χ1n) is 7.63. The Morgan fingerprint density at radius 2 is 1.96 bits per heavy atom. The van der Waals surface area contributed by atoms with Gasteiger partial charge in [-0.25, -0.2) is 0 Å². The average Bonchev–Trinajstić information content (AvgIpc) is 2.58. The summed E-state index contributed by atoms with van der Waals surface area (Å²) in [5.41, 5.74) is 6.09. The lowest BCUT2D eigenvalue weighted by molar-refractivity contribution is -0.125. The van der Waals surface area contributed by atoms with E-state index >= 15 is 0 Å². The Morgan fingerprint density at radius 1 is 1.22 bits per heavy atom. The van der Waals surface area contributed by atoms with Gasteiger partial charge in [0.2, 0.25) is 11.8 Å². The van der Waals surface area contributed by atoms with E-state index in [0.717, 1.165) is 18.4 Å². The predicted octanol–water partition coefficient (Wildman–Crippen LogP) is 0.579. The highest BCUT2D eigenvalue weighted by atomic mass is 35.5. The van der Waals surface area contributed by atoms with E-state index in [4.69, 9.17) is 22.1 Å². The molecule has 2 amide bonds. The zero-order chi connectivity index (χ0) is 16.7. The van der Waals surface area contributed by atoms with Crippen LogP contribution >= 0.6 is 11.6 Å². The molecule has 4 N–H and O–H groups in total. The van der Waals surface area contributed by atoms with Crippen molar-refractivity contribution in [1.29, 1.82) is 0 Å². The van der Waals surface area contributed by atoms with Crippen LogP contribution in [0.5, 0.6) is 0 Å². The van der Waals surface area contributed by atoms with Crippen molar-refractivity contribution >= 4 is 23.4 Å². The van der Waals surface area contributed by atoms with Crippen LogP contribution in [0.1, 0.15) is 18.4 Å². The molecule has 0 aromatic heterocycles. The highest BCUT2D eigenvalue weighted by molar-refractivity contribution is 6.30. The Morgan fingerprint density at radius 3 is 2.61 bits per heavy atom. The molecule has 0 aliphatic carbocycles. The minimum Gasteiger partial charge on any atom is -0.381 e. The van der Waals surface area contributed by atoms with E-state index in [9.17, 15) is 9.59 Å². The summed E-state index contributed by atoms with van der Waals surface area (Å²) in [6.45, 7) is 1.57. The number of halogens is 1. The lowest BCUT2D eigenvalue weighted by Crippen LogP contribution is -2.47. The number of amides is 2. The molecule has 1 aromatic rings. The second kappa shape index (κ2) is 8.29. The molecule has 1 aliphatic rings. The van der Waals surface area contributed by atoms with Crippen molar-refractivity contribution in [1.82, 2.24) is 10.6 Å². The minimum atomic E-state index is -0.351. The van der Waals surface area contributed by atoms with E-state index in [0.29, 0.717) is 24.8 Å². The number of nitrogens with two attached hydrogens (primary N) is 1. The van der Waals surface area contributed by atoms with Crippen LogP contribution in [0.25, 0.3) is 0 Å². The third-order valence-electron chi connectivity index (χ3n) is 4.14. The van der Waals surface area contributed by atoms with Crippen molar-refractivity contribution in [3.8, 4) is 0 Å². The number of benzene rings is 1. The van der Waals surface area contributed by atoms with Crippen LogP contribution in [0.3, 0.4) is 0 Å². The van der Waals surface area contributed by atoms with Crippen molar-refractivity contribution in [3.05, 3.63) is 34.9 Å². The molecular weight excluding hydrogens is 318 g/mol. The molecule has 23 heavy (non-hydrogen) atoms. The highest BCUT2D eigenvalue weighted by Gasteiger charge is 2.35. The number of ether oxygens (including phenoxy) is 1. The molecule has 0 radical (unpaired) electrons. The molecule has 1 heterocycles. The summed E-state index contributed by atoms with van der Waals surface area (Å²) in [7, 11) is 0. The van der Waals surface area contributed by atoms with Crippen LogP contribution in [0.2, 0.25) is 5.02 Å². The monoisotopic (exact) mass is 339 g/mol. The summed E-state index contributed by atoms with van der Waals surface area (Å²) in [6.07, 6.45) is 1.62. The van der Waals surface area contributed by atoms with Gasteiger partial charge in [-0.3, -0.25) is 9.59 Å². The normalized spacial score (nSPS) is 16.6. The Hall–Kier alpha value is -1.63. The van der Waals surface area contributed by atoms with Crippen molar-refractivity contribution in [3.63, 3.8) is 0 Å². The van der Waals surface area contributed by atoms with Gasteiger partial charge in [0.05, 0.1) is 13.1 Å². The van der Waals surface area contributed by atoms with Crippen LogP contribution in [0, 0.1) is 0 Å². The Balaban J connectivity index is 2.02. The van der Waals surface area contributed by atoms with Crippen LogP contribution < -0.4 is 16.4 Å². The summed E-state index contributed by atoms with van der Waals surface area (Å²) in [5.74, 6) is -0.588. The third-order valence-corrected chi connectivity index (χ3v) is 4.38. The van der Waals surface area contributed by atoms with Gasteiger partial charge in [-0.1, -0.05) is 23.7 Å². The maximum Gasteiger partial charge on any atom is 0.239 e. The molecule has 1 aliphatic heterocycles. The van der Waals surface area contributed by atoms with Gasteiger partial charge in [0.15, 0.2) is 0 Å². The number of nitrogens with one attached hydrogen (secondary N) is 2. The molecule has 1 saturated heterocycles. The number of hydrogen-bond donors (Lipinski definition) is 3. The number of rotatable bonds is 6. The van der Waals surface area contributed by atoms with E-state index in [1.807, 2.05) is 24.3 Å². The van der Waals surface area contributed by atoms with Crippen molar-refractivity contribution in [2.45, 2.75) is 18.3 Å². The molecule has 0 bridgehead atoms. The van der Waals surface area contributed by atoms with Gasteiger partial charge < -0.3 is 21.1 Å². The molecule has 126 valence electrons. The zero-order valence-corrected chi connectivity index (χ0v) is 13.7. The second-order valence-electron chi connectivity index (χ2n) is 5.66. The fraction of sp³-hybridized carbons (Fsp3) is 0.500. The van der Waals surface area contributed by atoms with Gasteiger partial charge in [0.25, 0.3) is 0 Å². The molecule has 7 heteroatoms. The largest absolute Gasteiger partial charge is 0.381 e. The smallest absolute Gasteiger partial charge is 0.239 e. The maximum absolute atomic E-state index is 11.9. The van der Waals surface area contributed by atoms with Crippen LogP contribution in [-0.4, -0.2) is 44.7 Å². The standard InChI is InChI=1S/C16H22ClN3O3/c17-13-3-1-2-12(8-13)16(4-6-23-7-5-16)11-20-15(22)10-19-14(21)9-18/h1-3,8H,4-7,9-11,18H2,(H,19,21)(H,20,22).